The Morgan fingerprint density at radius 2 is 1.04 bits per heavy atom. The molecule has 0 N–H and O–H groups in total. The third-order valence-corrected chi connectivity index (χ3v) is 9.33. The highest BCUT2D eigenvalue weighted by atomic mass is 31.2. The third kappa shape index (κ3) is 12.2. The Balaban J connectivity index is 0.000000229. The van der Waals surface area contributed by atoms with Crippen molar-refractivity contribution in [2.45, 2.75) is 20.0 Å². The number of nitrogens with zero attached hydrogens (tertiary/aromatic N) is 2. The maximum absolute atomic E-state index is 12.6. The van der Waals surface area contributed by atoms with E-state index in [2.05, 4.69) is 9.97 Å². The molecule has 0 aliphatic carbocycles. The van der Waals surface area contributed by atoms with E-state index in [1.54, 1.807) is 77.6 Å². The third-order valence-electron chi connectivity index (χ3n) is 7.32. The summed E-state index contributed by atoms with van der Waals surface area (Å²) in [6.07, 6.45) is 8.12. The summed E-state index contributed by atoms with van der Waals surface area (Å²) in [7, 11) is 1.63. The van der Waals surface area contributed by atoms with Crippen LogP contribution in [0.15, 0.2) is 109 Å². The van der Waals surface area contributed by atoms with Crippen LogP contribution in [0.1, 0.15) is 58.1 Å². The summed E-state index contributed by atoms with van der Waals surface area (Å²) in [5.41, 5.74) is 5.31. The number of benzene rings is 3. The molecule has 5 aromatic rings. The van der Waals surface area contributed by atoms with Crippen LogP contribution in [0.25, 0.3) is 24.3 Å². The van der Waals surface area contributed by atoms with Crippen molar-refractivity contribution in [2.75, 3.05) is 34.5 Å². The molecular weight excluding hydrogens is 663 g/mol. The van der Waals surface area contributed by atoms with E-state index in [0.29, 0.717) is 17.0 Å². The molecule has 0 radical (unpaired) electrons. The van der Waals surface area contributed by atoms with Gasteiger partial charge >= 0.3 is 7.60 Å². The number of hydrogen-bond acceptors (Lipinski definition) is 9. The van der Waals surface area contributed by atoms with Gasteiger partial charge in [-0.05, 0) is 110 Å². The van der Waals surface area contributed by atoms with Gasteiger partial charge in [-0.25, -0.2) is 9.97 Å². The van der Waals surface area contributed by atoms with Gasteiger partial charge in [-0.15, -0.1) is 0 Å². The number of methoxy groups -OCH3 is 3. The Hall–Kier alpha value is -5.34. The molecule has 0 unspecified atom stereocenters. The van der Waals surface area contributed by atoms with Gasteiger partial charge in [-0.1, -0.05) is 48.6 Å². The summed E-state index contributed by atoms with van der Waals surface area (Å²) >= 11 is 0. The summed E-state index contributed by atoms with van der Waals surface area (Å²) in [5.74, 6) is 2.16. The number of ketones is 1. The van der Waals surface area contributed by atoms with Crippen LogP contribution in [0, 0.1) is 0 Å². The van der Waals surface area contributed by atoms with Gasteiger partial charge in [0.2, 0.25) is 5.78 Å². The van der Waals surface area contributed by atoms with Gasteiger partial charge < -0.3 is 23.3 Å². The first-order valence-corrected chi connectivity index (χ1v) is 18.1. The van der Waals surface area contributed by atoms with Gasteiger partial charge in [0, 0.05) is 5.56 Å². The zero-order chi connectivity index (χ0) is 36.5. The van der Waals surface area contributed by atoms with Crippen LogP contribution in [-0.2, 0) is 19.8 Å². The van der Waals surface area contributed by atoms with Crippen molar-refractivity contribution in [3.63, 3.8) is 0 Å². The number of rotatable bonds is 15. The van der Waals surface area contributed by atoms with Crippen LogP contribution >= 0.6 is 7.60 Å². The molecular formula is C41H43N2O7P. The lowest BCUT2D eigenvalue weighted by atomic mass is 10.1. The lowest BCUT2D eigenvalue weighted by Gasteiger charge is -2.16. The van der Waals surface area contributed by atoms with Gasteiger partial charge in [0.05, 0.1) is 57.8 Å². The van der Waals surface area contributed by atoms with E-state index in [1.165, 1.54) is 0 Å². The first-order chi connectivity index (χ1) is 24.8. The number of carbonyl (C=O) groups is 1. The van der Waals surface area contributed by atoms with Gasteiger partial charge in [0.25, 0.3) is 0 Å². The Morgan fingerprint density at radius 1 is 0.588 bits per heavy atom. The fourth-order valence-corrected chi connectivity index (χ4v) is 6.37. The predicted octanol–water partition coefficient (Wildman–Crippen LogP) is 9.53. The largest absolute Gasteiger partial charge is 0.497 e. The molecule has 51 heavy (non-hydrogen) atoms. The van der Waals surface area contributed by atoms with Crippen LogP contribution in [0.5, 0.6) is 17.2 Å². The van der Waals surface area contributed by atoms with Gasteiger partial charge in [-0.3, -0.25) is 9.36 Å². The Morgan fingerprint density at radius 3 is 1.49 bits per heavy atom. The number of ether oxygens (including phenoxy) is 3. The SMILES string of the molecule is CCOP(=O)(Cc1cccc(C(=O)c2ccc(OC)cc2)n1)OCC.COc1ccc(/C=C/c2cccc(/C=C/c3ccc(OC)cc3)n2)cc1. The van der Waals surface area contributed by atoms with Crippen LogP contribution in [0.2, 0.25) is 0 Å². The van der Waals surface area contributed by atoms with Crippen molar-refractivity contribution in [3.05, 3.63) is 149 Å². The highest BCUT2D eigenvalue weighted by molar-refractivity contribution is 7.53. The fourth-order valence-electron chi connectivity index (χ4n) is 4.75. The van der Waals surface area contributed by atoms with Crippen molar-refractivity contribution in [3.8, 4) is 17.2 Å². The van der Waals surface area contributed by atoms with Crippen molar-refractivity contribution in [1.82, 2.24) is 9.97 Å². The first-order valence-electron chi connectivity index (χ1n) is 16.4. The molecule has 0 amide bonds. The summed E-state index contributed by atoms with van der Waals surface area (Å²) in [4.78, 5) is 21.6. The monoisotopic (exact) mass is 706 g/mol. The molecule has 264 valence electrons. The van der Waals surface area contributed by atoms with Crippen LogP contribution in [0.3, 0.4) is 0 Å². The highest BCUT2D eigenvalue weighted by Gasteiger charge is 2.25. The molecule has 9 nitrogen and oxygen atoms in total. The zero-order valence-corrected chi connectivity index (χ0v) is 30.4. The molecule has 0 atom stereocenters. The summed E-state index contributed by atoms with van der Waals surface area (Å²) in [5, 5.41) is 0. The van der Waals surface area contributed by atoms with Crippen LogP contribution in [-0.4, -0.2) is 50.3 Å². The number of carbonyl (C=O) groups excluding carboxylic acids is 1. The Labute approximate surface area is 300 Å². The lowest BCUT2D eigenvalue weighted by molar-refractivity contribution is 0.103. The molecule has 0 saturated carbocycles. The molecule has 2 aromatic heterocycles. The van der Waals surface area contributed by atoms with E-state index in [-0.39, 0.29) is 30.9 Å². The van der Waals surface area contributed by atoms with E-state index in [0.717, 1.165) is 34.0 Å². The minimum atomic E-state index is -3.26. The zero-order valence-electron chi connectivity index (χ0n) is 29.5. The highest BCUT2D eigenvalue weighted by Crippen LogP contribution is 2.50. The standard InChI is InChI=1S/C23H21NO2.C18H22NO5P/c1-25-22-14-8-18(9-15-22)6-12-20-4-3-5-21(24-20)13-7-19-10-16-23(26-2)17-11-19;1-4-23-25(21,24-5-2)13-15-7-6-8-17(19-15)18(20)14-9-11-16(22-3)12-10-14/h3-17H,1-2H3;6-12H,4-5,13H2,1-3H3/b12-6+,13-7+;. The number of aromatic nitrogens is 2. The molecule has 0 spiro atoms. The van der Waals surface area contributed by atoms with Crippen LogP contribution in [0.4, 0.5) is 0 Å². The smallest absolute Gasteiger partial charge is 0.336 e. The van der Waals surface area contributed by atoms with Crippen LogP contribution < -0.4 is 14.2 Å². The summed E-state index contributed by atoms with van der Waals surface area (Å²) in [6.45, 7) is 4.06. The molecule has 2 heterocycles. The average Bonchev–Trinajstić information content (AvgIpc) is 3.17. The molecule has 3 aromatic carbocycles. The van der Waals surface area contributed by atoms with E-state index < -0.39 is 7.60 Å². The van der Waals surface area contributed by atoms with Gasteiger partial charge in [-0.2, -0.15) is 0 Å². The normalized spacial score (nSPS) is 11.2. The van der Waals surface area contributed by atoms with E-state index >= 15 is 0 Å². The minimum Gasteiger partial charge on any atom is -0.497 e. The predicted molar refractivity (Wildman–Crippen MR) is 203 cm³/mol. The topological polar surface area (TPSA) is 106 Å². The molecule has 0 bridgehead atoms. The molecule has 0 saturated heterocycles. The molecule has 10 heteroatoms. The van der Waals surface area contributed by atoms with E-state index in [1.807, 2.05) is 91.0 Å². The van der Waals surface area contributed by atoms with Gasteiger partial charge in [0.15, 0.2) is 0 Å². The second-order valence-electron chi connectivity index (χ2n) is 10.9. The second-order valence-corrected chi connectivity index (χ2v) is 12.9. The molecule has 0 fully saturated rings. The van der Waals surface area contributed by atoms with Crippen molar-refractivity contribution in [2.24, 2.45) is 0 Å². The average molecular weight is 707 g/mol. The second kappa shape index (κ2) is 19.7. The van der Waals surface area contributed by atoms with E-state index in [4.69, 9.17) is 23.3 Å². The Bertz CT molecular complexity index is 1860. The quantitative estimate of drug-likeness (QED) is 0.0777. The van der Waals surface area contributed by atoms with E-state index in [9.17, 15) is 9.36 Å². The minimum absolute atomic E-state index is 0.0262. The lowest BCUT2D eigenvalue weighted by Crippen LogP contribution is -2.07. The maximum atomic E-state index is 12.6. The van der Waals surface area contributed by atoms with Gasteiger partial charge in [0.1, 0.15) is 22.9 Å². The Kier molecular flexibility index (Phi) is 14.9. The van der Waals surface area contributed by atoms with Crippen molar-refractivity contribution in [1.29, 1.82) is 0 Å². The number of hydrogen-bond donors (Lipinski definition) is 0. The van der Waals surface area contributed by atoms with Crippen molar-refractivity contribution >= 4 is 37.7 Å². The first kappa shape index (κ1) is 38.5. The fraction of sp³-hybridized carbons (Fsp3) is 0.195. The summed E-state index contributed by atoms with van der Waals surface area (Å²) in [6, 6.07) is 33.7. The number of pyridine rings is 2. The molecule has 0 aliphatic heterocycles. The maximum Gasteiger partial charge on any atom is 0.336 e. The summed E-state index contributed by atoms with van der Waals surface area (Å²) < 4.78 is 38.6. The van der Waals surface area contributed by atoms with Crippen molar-refractivity contribution < 1.29 is 32.6 Å². The molecule has 0 aliphatic rings. The molecule has 5 rings (SSSR count).